The predicted octanol–water partition coefficient (Wildman–Crippen LogP) is 3.80. The Balaban J connectivity index is 1.55. The van der Waals surface area contributed by atoms with E-state index in [0.29, 0.717) is 16.8 Å². The van der Waals surface area contributed by atoms with Gasteiger partial charge in [0.2, 0.25) is 0 Å². The summed E-state index contributed by atoms with van der Waals surface area (Å²) in [5, 5.41) is 0. The Kier molecular flexibility index (Phi) is 5.72. The summed E-state index contributed by atoms with van der Waals surface area (Å²) in [6, 6.07) is 21.0. The molecule has 5 nitrogen and oxygen atoms in total. The molecule has 0 radical (unpaired) electrons. The number of hydrogen-bond acceptors (Lipinski definition) is 5. The first kappa shape index (κ1) is 17.4. The number of esters is 2. The summed E-state index contributed by atoms with van der Waals surface area (Å²) in [4.78, 5) is 28.1. The molecule has 0 aliphatic heterocycles. The number of carbonyl (C=O) groups excluding carboxylic acids is 2. The zero-order valence-corrected chi connectivity index (χ0v) is 14.0. The Morgan fingerprint density at radius 1 is 0.731 bits per heavy atom. The smallest absolute Gasteiger partial charge is 0.338 e. The Morgan fingerprint density at radius 3 is 1.85 bits per heavy atom. The van der Waals surface area contributed by atoms with Crippen LogP contribution in [0, 0.1) is 0 Å². The second kappa shape index (κ2) is 8.58. The first-order valence-electron chi connectivity index (χ1n) is 8.10. The average Bonchev–Trinajstić information content (AvgIpc) is 2.72. The van der Waals surface area contributed by atoms with E-state index in [4.69, 9.17) is 9.47 Å². The number of pyridine rings is 1. The fraction of sp³-hybridized carbons (Fsp3) is 0.0952. The molecule has 130 valence electrons. The molecule has 0 aliphatic carbocycles. The van der Waals surface area contributed by atoms with E-state index >= 15 is 0 Å². The van der Waals surface area contributed by atoms with Gasteiger partial charge in [-0.05, 0) is 42.0 Å². The minimum atomic E-state index is -0.409. The summed E-state index contributed by atoms with van der Waals surface area (Å²) in [7, 11) is 0. The number of carbonyl (C=O) groups is 2. The Hall–Kier alpha value is -3.47. The first-order chi connectivity index (χ1) is 12.7. The lowest BCUT2D eigenvalue weighted by Crippen LogP contribution is -2.07. The van der Waals surface area contributed by atoms with Crippen LogP contribution < -0.4 is 0 Å². The highest BCUT2D eigenvalue weighted by Gasteiger charge is 2.09. The second-order valence-electron chi connectivity index (χ2n) is 5.54. The van der Waals surface area contributed by atoms with Crippen molar-refractivity contribution in [2.24, 2.45) is 0 Å². The molecule has 3 rings (SSSR count). The molecule has 0 N–H and O–H groups in total. The van der Waals surface area contributed by atoms with Crippen molar-refractivity contribution in [3.63, 3.8) is 0 Å². The van der Waals surface area contributed by atoms with Crippen LogP contribution >= 0.6 is 0 Å². The predicted molar refractivity (Wildman–Crippen MR) is 95.4 cm³/mol. The molecule has 0 saturated heterocycles. The maximum Gasteiger partial charge on any atom is 0.338 e. The van der Waals surface area contributed by atoms with Crippen molar-refractivity contribution in [3.8, 4) is 0 Å². The van der Waals surface area contributed by atoms with E-state index in [0.717, 1.165) is 5.56 Å². The highest BCUT2D eigenvalue weighted by molar-refractivity contribution is 5.89. The largest absolute Gasteiger partial charge is 0.457 e. The lowest BCUT2D eigenvalue weighted by molar-refractivity contribution is 0.0467. The van der Waals surface area contributed by atoms with Crippen molar-refractivity contribution in [1.29, 1.82) is 0 Å². The maximum absolute atomic E-state index is 12.0. The molecule has 0 spiro atoms. The average molecular weight is 347 g/mol. The molecule has 26 heavy (non-hydrogen) atoms. The van der Waals surface area contributed by atoms with Gasteiger partial charge in [0.1, 0.15) is 13.2 Å². The van der Waals surface area contributed by atoms with E-state index in [1.54, 1.807) is 66.9 Å². The van der Waals surface area contributed by atoms with Gasteiger partial charge in [-0.3, -0.25) is 4.98 Å². The molecular formula is C21H17NO4. The van der Waals surface area contributed by atoms with Gasteiger partial charge in [0.15, 0.2) is 0 Å². The van der Waals surface area contributed by atoms with Gasteiger partial charge in [0, 0.05) is 6.20 Å². The Labute approximate surface area is 151 Å². The molecule has 0 amide bonds. The highest BCUT2D eigenvalue weighted by Crippen LogP contribution is 2.09. The number of benzene rings is 2. The lowest BCUT2D eigenvalue weighted by Gasteiger charge is -2.07. The van der Waals surface area contributed by atoms with Crippen LogP contribution in [-0.2, 0) is 22.7 Å². The quantitative estimate of drug-likeness (QED) is 0.635. The standard InChI is InChI=1S/C21H17NO4/c23-20(17-7-3-1-4-8-17)25-14-16-11-12-22-19(13-16)15-26-21(24)18-9-5-2-6-10-18/h1-13H,14-15H2. The van der Waals surface area contributed by atoms with Gasteiger partial charge in [0.05, 0.1) is 16.8 Å². The number of nitrogens with zero attached hydrogens (tertiary/aromatic N) is 1. The number of rotatable bonds is 6. The molecular weight excluding hydrogens is 330 g/mol. The summed E-state index contributed by atoms with van der Waals surface area (Å²) in [6.07, 6.45) is 1.59. The van der Waals surface area contributed by atoms with Crippen molar-refractivity contribution in [3.05, 3.63) is 101 Å². The first-order valence-corrected chi connectivity index (χ1v) is 8.10. The van der Waals surface area contributed by atoms with Gasteiger partial charge in [-0.1, -0.05) is 36.4 Å². The fourth-order valence-corrected chi connectivity index (χ4v) is 2.30. The fourth-order valence-electron chi connectivity index (χ4n) is 2.30. The molecule has 5 heteroatoms. The third kappa shape index (κ3) is 4.77. The normalized spacial score (nSPS) is 10.2. The van der Waals surface area contributed by atoms with Gasteiger partial charge in [-0.25, -0.2) is 9.59 Å². The van der Waals surface area contributed by atoms with E-state index in [-0.39, 0.29) is 19.2 Å². The minimum Gasteiger partial charge on any atom is -0.457 e. The lowest BCUT2D eigenvalue weighted by atomic mass is 10.2. The summed E-state index contributed by atoms with van der Waals surface area (Å²) in [6.45, 7) is 0.171. The van der Waals surface area contributed by atoms with Crippen LogP contribution in [0.5, 0.6) is 0 Å². The molecule has 2 aromatic carbocycles. The van der Waals surface area contributed by atoms with Crippen molar-refractivity contribution in [2.75, 3.05) is 0 Å². The molecule has 0 aliphatic rings. The van der Waals surface area contributed by atoms with Crippen LogP contribution in [0.2, 0.25) is 0 Å². The SMILES string of the molecule is O=C(OCc1ccnc(COC(=O)c2ccccc2)c1)c1ccccc1. The molecule has 0 unspecified atom stereocenters. The van der Waals surface area contributed by atoms with Gasteiger partial charge < -0.3 is 9.47 Å². The van der Waals surface area contributed by atoms with Crippen molar-refractivity contribution < 1.29 is 19.1 Å². The van der Waals surface area contributed by atoms with Gasteiger partial charge in [-0.15, -0.1) is 0 Å². The summed E-state index contributed by atoms with van der Waals surface area (Å²) >= 11 is 0. The van der Waals surface area contributed by atoms with Crippen LogP contribution in [0.3, 0.4) is 0 Å². The molecule has 1 heterocycles. The minimum absolute atomic E-state index is 0.0498. The van der Waals surface area contributed by atoms with Crippen molar-refractivity contribution in [1.82, 2.24) is 4.98 Å². The highest BCUT2D eigenvalue weighted by atomic mass is 16.5. The second-order valence-corrected chi connectivity index (χ2v) is 5.54. The molecule has 0 bridgehead atoms. The summed E-state index contributed by atoms with van der Waals surface area (Å²) in [5.74, 6) is -0.798. The maximum atomic E-state index is 12.0. The molecule has 3 aromatic rings. The monoisotopic (exact) mass is 347 g/mol. The van der Waals surface area contributed by atoms with Crippen LogP contribution in [0.1, 0.15) is 32.0 Å². The van der Waals surface area contributed by atoms with Crippen LogP contribution in [0.4, 0.5) is 0 Å². The van der Waals surface area contributed by atoms with Crippen molar-refractivity contribution in [2.45, 2.75) is 13.2 Å². The van der Waals surface area contributed by atoms with E-state index in [1.807, 2.05) is 12.1 Å². The molecule has 0 saturated carbocycles. The van der Waals surface area contributed by atoms with E-state index in [2.05, 4.69) is 4.98 Å². The number of aromatic nitrogens is 1. The third-order valence-electron chi connectivity index (χ3n) is 3.62. The number of hydrogen-bond donors (Lipinski definition) is 0. The zero-order chi connectivity index (χ0) is 18.2. The van der Waals surface area contributed by atoms with Gasteiger partial charge >= 0.3 is 11.9 Å². The van der Waals surface area contributed by atoms with E-state index in [9.17, 15) is 9.59 Å². The number of ether oxygens (including phenoxy) is 2. The topological polar surface area (TPSA) is 65.5 Å². The molecule has 1 aromatic heterocycles. The van der Waals surface area contributed by atoms with Crippen molar-refractivity contribution >= 4 is 11.9 Å². The molecule has 0 fully saturated rings. The summed E-state index contributed by atoms with van der Waals surface area (Å²) < 4.78 is 10.5. The van der Waals surface area contributed by atoms with E-state index in [1.165, 1.54) is 0 Å². The summed E-state index contributed by atoms with van der Waals surface area (Å²) in [5.41, 5.74) is 2.34. The van der Waals surface area contributed by atoms with Gasteiger partial charge in [0.25, 0.3) is 0 Å². The van der Waals surface area contributed by atoms with Crippen LogP contribution in [0.25, 0.3) is 0 Å². The van der Waals surface area contributed by atoms with E-state index < -0.39 is 5.97 Å². The van der Waals surface area contributed by atoms with Crippen LogP contribution in [-0.4, -0.2) is 16.9 Å². The molecule has 0 atom stereocenters. The Bertz CT molecular complexity index is 808. The van der Waals surface area contributed by atoms with Crippen LogP contribution in [0.15, 0.2) is 79.0 Å². The Morgan fingerprint density at radius 2 is 1.27 bits per heavy atom. The third-order valence-corrected chi connectivity index (χ3v) is 3.62. The van der Waals surface area contributed by atoms with Gasteiger partial charge in [-0.2, -0.15) is 0 Å². The zero-order valence-electron chi connectivity index (χ0n) is 14.0.